The van der Waals surface area contributed by atoms with E-state index in [9.17, 15) is 4.79 Å². The number of carbonyl (C=O) groups is 1. The van der Waals surface area contributed by atoms with Crippen molar-refractivity contribution in [2.75, 3.05) is 24.9 Å². The van der Waals surface area contributed by atoms with Crippen molar-refractivity contribution in [1.82, 2.24) is 9.97 Å². The molecule has 3 aromatic rings. The van der Waals surface area contributed by atoms with Gasteiger partial charge in [0.25, 0.3) is 5.91 Å². The molecule has 2 aromatic carbocycles. The number of nitrogens with one attached hydrogen (secondary N) is 2. The number of ether oxygens (including phenoxy) is 2. The molecule has 0 aliphatic heterocycles. The van der Waals surface area contributed by atoms with Crippen LogP contribution in [-0.4, -0.2) is 30.1 Å². The van der Waals surface area contributed by atoms with Gasteiger partial charge in [0.2, 0.25) is 5.95 Å². The second-order valence-electron chi connectivity index (χ2n) is 5.99. The highest BCUT2D eigenvalue weighted by Gasteiger charge is 2.10. The van der Waals surface area contributed by atoms with Gasteiger partial charge in [-0.2, -0.15) is 0 Å². The normalized spacial score (nSPS) is 10.2. The Morgan fingerprint density at radius 1 is 1.00 bits per heavy atom. The quantitative estimate of drug-likeness (QED) is 0.645. The van der Waals surface area contributed by atoms with Gasteiger partial charge in [-0.3, -0.25) is 4.79 Å². The highest BCUT2D eigenvalue weighted by molar-refractivity contribution is 6.03. The van der Waals surface area contributed by atoms with E-state index in [1.165, 1.54) is 18.0 Å². The summed E-state index contributed by atoms with van der Waals surface area (Å²) >= 11 is 0. The maximum atomic E-state index is 12.4. The SMILES string of the molecule is CCc1ccc(NC(=O)c2cnc(Nc3ccc(OC)cc3OC)nc2)cc1. The summed E-state index contributed by atoms with van der Waals surface area (Å²) in [5, 5.41) is 5.91. The molecule has 0 spiro atoms. The van der Waals surface area contributed by atoms with Gasteiger partial charge in [0.05, 0.1) is 25.5 Å². The van der Waals surface area contributed by atoms with E-state index in [0.29, 0.717) is 28.7 Å². The Bertz CT molecular complexity index is 941. The molecule has 0 unspecified atom stereocenters. The van der Waals surface area contributed by atoms with Gasteiger partial charge in [-0.15, -0.1) is 0 Å². The lowest BCUT2D eigenvalue weighted by atomic mass is 10.1. The van der Waals surface area contributed by atoms with Crippen molar-refractivity contribution < 1.29 is 14.3 Å². The average Bonchev–Trinajstić information content (AvgIpc) is 2.75. The third kappa shape index (κ3) is 4.56. The lowest BCUT2D eigenvalue weighted by Gasteiger charge is -2.11. The number of carbonyl (C=O) groups excluding carboxylic acids is 1. The molecule has 0 bridgehead atoms. The van der Waals surface area contributed by atoms with Crippen molar-refractivity contribution in [1.29, 1.82) is 0 Å². The zero-order chi connectivity index (χ0) is 19.9. The van der Waals surface area contributed by atoms with E-state index in [-0.39, 0.29) is 5.91 Å². The maximum absolute atomic E-state index is 12.4. The predicted molar refractivity (Wildman–Crippen MR) is 109 cm³/mol. The number of methoxy groups -OCH3 is 2. The van der Waals surface area contributed by atoms with Gasteiger partial charge in [-0.25, -0.2) is 9.97 Å². The topological polar surface area (TPSA) is 85.4 Å². The smallest absolute Gasteiger partial charge is 0.258 e. The first-order valence-electron chi connectivity index (χ1n) is 8.84. The standard InChI is InChI=1S/C21H22N4O3/c1-4-14-5-7-16(8-6-14)24-20(26)15-12-22-21(23-13-15)25-18-10-9-17(27-2)11-19(18)28-3/h5-13H,4H2,1-3H3,(H,24,26)(H,22,23,25). The molecule has 1 amide bonds. The second kappa shape index (κ2) is 8.85. The molecule has 0 saturated heterocycles. The number of hydrogen-bond donors (Lipinski definition) is 2. The molecule has 2 N–H and O–H groups in total. The van der Waals surface area contributed by atoms with Gasteiger partial charge in [0.1, 0.15) is 11.5 Å². The highest BCUT2D eigenvalue weighted by Crippen LogP contribution is 2.30. The number of benzene rings is 2. The zero-order valence-electron chi connectivity index (χ0n) is 16.0. The zero-order valence-corrected chi connectivity index (χ0v) is 16.0. The minimum atomic E-state index is -0.266. The van der Waals surface area contributed by atoms with Crippen molar-refractivity contribution in [3.63, 3.8) is 0 Å². The van der Waals surface area contributed by atoms with Crippen LogP contribution >= 0.6 is 0 Å². The third-order valence-electron chi connectivity index (χ3n) is 4.19. The minimum absolute atomic E-state index is 0.266. The molecule has 0 radical (unpaired) electrons. The summed E-state index contributed by atoms with van der Waals surface area (Å²) in [6, 6.07) is 13.1. The molecule has 7 nitrogen and oxygen atoms in total. The largest absolute Gasteiger partial charge is 0.497 e. The Morgan fingerprint density at radius 3 is 2.32 bits per heavy atom. The fourth-order valence-electron chi connectivity index (χ4n) is 2.56. The Morgan fingerprint density at radius 2 is 1.71 bits per heavy atom. The molecule has 0 fully saturated rings. The molecule has 0 aliphatic rings. The number of aryl methyl sites for hydroxylation is 1. The Hall–Kier alpha value is -3.61. The van der Waals surface area contributed by atoms with Gasteiger partial charge >= 0.3 is 0 Å². The van der Waals surface area contributed by atoms with Gasteiger partial charge in [0, 0.05) is 24.1 Å². The Kier molecular flexibility index (Phi) is 6.06. The van der Waals surface area contributed by atoms with E-state index in [1.807, 2.05) is 30.3 Å². The molecule has 3 rings (SSSR count). The van der Waals surface area contributed by atoms with E-state index in [0.717, 1.165) is 12.1 Å². The number of anilines is 3. The third-order valence-corrected chi connectivity index (χ3v) is 4.19. The predicted octanol–water partition coefficient (Wildman–Crippen LogP) is 4.05. The van der Waals surface area contributed by atoms with E-state index in [2.05, 4.69) is 27.5 Å². The Labute approximate surface area is 163 Å². The van der Waals surface area contributed by atoms with Crippen LogP contribution in [-0.2, 0) is 6.42 Å². The monoisotopic (exact) mass is 378 g/mol. The van der Waals surface area contributed by atoms with Crippen LogP contribution in [0, 0.1) is 0 Å². The number of rotatable bonds is 7. The van der Waals surface area contributed by atoms with Crippen molar-refractivity contribution in [3.8, 4) is 11.5 Å². The van der Waals surface area contributed by atoms with Gasteiger partial charge in [0.15, 0.2) is 0 Å². The Balaban J connectivity index is 1.68. The lowest BCUT2D eigenvalue weighted by molar-refractivity contribution is 0.102. The minimum Gasteiger partial charge on any atom is -0.497 e. The highest BCUT2D eigenvalue weighted by atomic mass is 16.5. The van der Waals surface area contributed by atoms with Crippen molar-refractivity contribution in [3.05, 3.63) is 66.0 Å². The second-order valence-corrected chi connectivity index (χ2v) is 5.99. The first-order chi connectivity index (χ1) is 13.6. The summed E-state index contributed by atoms with van der Waals surface area (Å²) in [6.45, 7) is 2.09. The number of aromatic nitrogens is 2. The molecule has 7 heteroatoms. The average molecular weight is 378 g/mol. The summed E-state index contributed by atoms with van der Waals surface area (Å²) in [6.07, 6.45) is 3.90. The summed E-state index contributed by atoms with van der Waals surface area (Å²) in [7, 11) is 3.16. The fourth-order valence-corrected chi connectivity index (χ4v) is 2.56. The van der Waals surface area contributed by atoms with Crippen LogP contribution in [0.25, 0.3) is 0 Å². The lowest BCUT2D eigenvalue weighted by Crippen LogP contribution is -2.13. The number of nitrogens with zero attached hydrogens (tertiary/aromatic N) is 2. The van der Waals surface area contributed by atoms with Gasteiger partial charge < -0.3 is 20.1 Å². The first-order valence-corrected chi connectivity index (χ1v) is 8.84. The maximum Gasteiger partial charge on any atom is 0.258 e. The number of hydrogen-bond acceptors (Lipinski definition) is 6. The van der Waals surface area contributed by atoms with Crippen LogP contribution in [0.4, 0.5) is 17.3 Å². The molecule has 0 aliphatic carbocycles. The van der Waals surface area contributed by atoms with Crippen molar-refractivity contribution >= 4 is 23.2 Å². The summed E-state index contributed by atoms with van der Waals surface area (Å²) < 4.78 is 10.5. The van der Waals surface area contributed by atoms with Crippen LogP contribution in [0.5, 0.6) is 11.5 Å². The summed E-state index contributed by atoms with van der Waals surface area (Å²) in [4.78, 5) is 20.8. The van der Waals surface area contributed by atoms with E-state index in [1.54, 1.807) is 26.4 Å². The first kappa shape index (κ1) is 19.2. The van der Waals surface area contributed by atoms with Gasteiger partial charge in [-0.1, -0.05) is 19.1 Å². The van der Waals surface area contributed by atoms with Crippen LogP contribution < -0.4 is 20.1 Å². The van der Waals surface area contributed by atoms with E-state index >= 15 is 0 Å². The number of amides is 1. The molecule has 0 atom stereocenters. The summed E-state index contributed by atoms with van der Waals surface area (Å²) in [5.41, 5.74) is 3.00. The van der Waals surface area contributed by atoms with E-state index in [4.69, 9.17) is 9.47 Å². The molecular formula is C21H22N4O3. The van der Waals surface area contributed by atoms with Crippen LogP contribution in [0.3, 0.4) is 0 Å². The van der Waals surface area contributed by atoms with Crippen LogP contribution in [0.1, 0.15) is 22.8 Å². The molecule has 144 valence electrons. The van der Waals surface area contributed by atoms with Crippen molar-refractivity contribution in [2.45, 2.75) is 13.3 Å². The molecule has 1 heterocycles. The van der Waals surface area contributed by atoms with Crippen LogP contribution in [0.15, 0.2) is 54.9 Å². The molecule has 0 saturated carbocycles. The van der Waals surface area contributed by atoms with E-state index < -0.39 is 0 Å². The van der Waals surface area contributed by atoms with Crippen LogP contribution in [0.2, 0.25) is 0 Å². The molecule has 28 heavy (non-hydrogen) atoms. The van der Waals surface area contributed by atoms with Crippen molar-refractivity contribution in [2.24, 2.45) is 0 Å². The molecular weight excluding hydrogens is 356 g/mol. The molecule has 1 aromatic heterocycles. The van der Waals surface area contributed by atoms with Gasteiger partial charge in [-0.05, 0) is 36.2 Å². The summed E-state index contributed by atoms with van der Waals surface area (Å²) in [5.74, 6) is 1.37. The fraction of sp³-hybridized carbons (Fsp3) is 0.190.